The number of unbranched alkanes of at least 4 members (excludes halogenated alkanes) is 2. The number of rotatable bonds is 9. The van der Waals surface area contributed by atoms with E-state index in [-0.39, 0.29) is 4.05 Å². The minimum Gasteiger partial charge on any atom is -0.299 e. The number of quaternary nitrogens is 1. The third-order valence-electron chi connectivity index (χ3n) is 4.65. The molecule has 1 unspecified atom stereocenters. The van der Waals surface area contributed by atoms with E-state index in [9.17, 15) is 0 Å². The number of aryl methyl sites for hydroxylation is 2. The van der Waals surface area contributed by atoms with Crippen LogP contribution in [0, 0.1) is 26.2 Å². The van der Waals surface area contributed by atoms with E-state index in [1.54, 1.807) is 0 Å². The molecule has 0 aliphatic rings. The van der Waals surface area contributed by atoms with Crippen molar-refractivity contribution in [2.75, 3.05) is 13.1 Å². The summed E-state index contributed by atoms with van der Waals surface area (Å²) >= 11 is 2.49. The molecule has 1 nitrogen and oxygen atoms in total. The summed E-state index contributed by atoms with van der Waals surface area (Å²) in [6.45, 7) is 12.4. The van der Waals surface area contributed by atoms with Crippen LogP contribution in [0.3, 0.4) is 0 Å². The van der Waals surface area contributed by atoms with Crippen molar-refractivity contribution >= 4 is 22.6 Å². The highest BCUT2D eigenvalue weighted by atomic mass is 127. The summed E-state index contributed by atoms with van der Waals surface area (Å²) in [6, 6.07) is 6.62. The maximum Gasteiger partial charge on any atom is 0.200 e. The second-order valence-electron chi connectivity index (χ2n) is 6.40. The Bertz CT molecular complexity index is 473. The minimum absolute atomic E-state index is 0.245. The average Bonchev–Trinajstić information content (AvgIpc) is 2.52. The summed E-state index contributed by atoms with van der Waals surface area (Å²) in [7, 11) is 0. The van der Waals surface area contributed by atoms with Gasteiger partial charge in [0.1, 0.15) is 6.54 Å². The minimum atomic E-state index is 0.245. The van der Waals surface area contributed by atoms with E-state index in [4.69, 9.17) is 6.42 Å². The Hall–Kier alpha value is -0.530. The molecular formula is C20H31IN+. The van der Waals surface area contributed by atoms with Crippen LogP contribution in [0.5, 0.6) is 0 Å². The second kappa shape index (κ2) is 9.57. The number of terminal acetylenes is 1. The second-order valence-corrected chi connectivity index (χ2v) is 7.58. The van der Waals surface area contributed by atoms with E-state index < -0.39 is 0 Å². The Kier molecular flexibility index (Phi) is 8.49. The summed E-state index contributed by atoms with van der Waals surface area (Å²) in [5, 5.41) is 0. The molecule has 0 aliphatic heterocycles. The van der Waals surface area contributed by atoms with Crippen molar-refractivity contribution in [3.8, 4) is 12.3 Å². The van der Waals surface area contributed by atoms with Crippen LogP contribution in [-0.4, -0.2) is 21.6 Å². The summed E-state index contributed by atoms with van der Waals surface area (Å²) in [5.74, 6) is 3.04. The molecule has 0 aliphatic carbocycles. The van der Waals surface area contributed by atoms with Crippen molar-refractivity contribution in [2.45, 2.75) is 64.0 Å². The van der Waals surface area contributed by atoms with Crippen molar-refractivity contribution in [3.05, 3.63) is 34.9 Å². The molecule has 22 heavy (non-hydrogen) atoms. The van der Waals surface area contributed by atoms with Crippen LogP contribution < -0.4 is 0 Å². The van der Waals surface area contributed by atoms with Crippen molar-refractivity contribution in [1.82, 2.24) is 0 Å². The van der Waals surface area contributed by atoms with Crippen molar-refractivity contribution in [1.29, 1.82) is 0 Å². The molecule has 0 N–H and O–H groups in total. The first kappa shape index (κ1) is 19.5. The molecule has 1 rings (SSSR count). The van der Waals surface area contributed by atoms with Gasteiger partial charge >= 0.3 is 0 Å². The van der Waals surface area contributed by atoms with E-state index in [1.165, 1.54) is 55.5 Å². The molecule has 0 saturated heterocycles. The molecule has 0 radical (unpaired) electrons. The zero-order chi connectivity index (χ0) is 16.6. The van der Waals surface area contributed by atoms with Crippen LogP contribution in [-0.2, 0) is 6.54 Å². The topological polar surface area (TPSA) is 0 Å². The van der Waals surface area contributed by atoms with Gasteiger partial charge in [-0.2, -0.15) is 0 Å². The van der Waals surface area contributed by atoms with E-state index in [0.29, 0.717) is 0 Å². The molecule has 122 valence electrons. The maximum atomic E-state index is 5.86. The first-order valence-corrected chi connectivity index (χ1v) is 9.76. The quantitative estimate of drug-likeness (QED) is 0.163. The van der Waals surface area contributed by atoms with Crippen LogP contribution in [0.1, 0.15) is 56.2 Å². The van der Waals surface area contributed by atoms with E-state index in [0.717, 1.165) is 11.0 Å². The third-order valence-corrected chi connectivity index (χ3v) is 6.19. The van der Waals surface area contributed by atoms with Crippen molar-refractivity contribution < 1.29 is 4.48 Å². The average molecular weight is 412 g/mol. The summed E-state index contributed by atoms with van der Waals surface area (Å²) in [4.78, 5) is 0. The Balaban J connectivity index is 3.19. The van der Waals surface area contributed by atoms with Gasteiger partial charge in [-0.1, -0.05) is 44.9 Å². The fourth-order valence-electron chi connectivity index (χ4n) is 3.09. The number of benzene rings is 1. The number of halogens is 1. The lowest BCUT2D eigenvalue weighted by Crippen LogP contribution is -2.53. The smallest absolute Gasteiger partial charge is 0.200 e. The first-order chi connectivity index (χ1) is 10.5. The first-order valence-electron chi connectivity index (χ1n) is 8.51. The van der Waals surface area contributed by atoms with Gasteiger partial charge in [0.15, 0.2) is 0 Å². The number of hydrogen-bond donors (Lipinski definition) is 0. The van der Waals surface area contributed by atoms with Gasteiger partial charge in [0.2, 0.25) is 4.05 Å². The zero-order valence-electron chi connectivity index (χ0n) is 14.7. The normalized spacial score (nSPS) is 12.9. The molecular weight excluding hydrogens is 381 g/mol. The Labute approximate surface area is 151 Å². The van der Waals surface area contributed by atoms with Gasteiger partial charge < -0.3 is 0 Å². The van der Waals surface area contributed by atoms with Crippen molar-refractivity contribution in [3.63, 3.8) is 0 Å². The van der Waals surface area contributed by atoms with Crippen LogP contribution >= 0.6 is 22.6 Å². The van der Waals surface area contributed by atoms with Gasteiger partial charge in [-0.05, 0) is 43.7 Å². The van der Waals surface area contributed by atoms with Gasteiger partial charge in [-0.15, -0.1) is 6.42 Å². The van der Waals surface area contributed by atoms with Crippen LogP contribution in [0.2, 0.25) is 0 Å². The lowest BCUT2D eigenvalue weighted by molar-refractivity contribution is -0.940. The highest BCUT2D eigenvalue weighted by molar-refractivity contribution is 14.1. The molecule has 0 amide bonds. The predicted molar refractivity (Wildman–Crippen MR) is 106 cm³/mol. The molecule has 0 heterocycles. The molecule has 0 aromatic heterocycles. The van der Waals surface area contributed by atoms with Crippen LogP contribution in [0.4, 0.5) is 0 Å². The summed E-state index contributed by atoms with van der Waals surface area (Å²) < 4.78 is 1.28. The fourth-order valence-corrected chi connectivity index (χ4v) is 3.85. The maximum absolute atomic E-state index is 5.86. The molecule has 0 fully saturated rings. The molecule has 1 aromatic carbocycles. The third kappa shape index (κ3) is 4.99. The van der Waals surface area contributed by atoms with Gasteiger partial charge in [0.25, 0.3) is 0 Å². The van der Waals surface area contributed by atoms with Crippen LogP contribution in [0.25, 0.3) is 0 Å². The Morgan fingerprint density at radius 3 is 2.00 bits per heavy atom. The summed E-state index contributed by atoms with van der Waals surface area (Å²) in [5.41, 5.74) is 4.29. The number of nitrogens with zero attached hydrogens (tertiary/aromatic N) is 1. The highest BCUT2D eigenvalue weighted by Crippen LogP contribution is 2.28. The largest absolute Gasteiger partial charge is 0.299 e. The van der Waals surface area contributed by atoms with Crippen LogP contribution in [0.15, 0.2) is 18.2 Å². The number of alkyl halides is 1. The lowest BCUT2D eigenvalue weighted by atomic mass is 10.0. The molecule has 0 saturated carbocycles. The van der Waals surface area contributed by atoms with Crippen molar-refractivity contribution in [2.24, 2.45) is 0 Å². The van der Waals surface area contributed by atoms with Gasteiger partial charge in [0, 0.05) is 28.2 Å². The predicted octanol–water partition coefficient (Wildman–Crippen LogP) is 5.61. The standard InChI is InChI=1S/C20H31IN/c1-6-9-14-22(15-10-7-2,20(21)8-3)16-19-17(4)12-11-13-18(19)5/h3,11-13,20H,6-7,9-10,14-16H2,1-2,4-5H3/q+1. The van der Waals surface area contributed by atoms with Gasteiger partial charge in [0.05, 0.1) is 13.1 Å². The molecule has 1 atom stereocenters. The Morgan fingerprint density at radius 2 is 1.59 bits per heavy atom. The molecule has 0 spiro atoms. The van der Waals surface area contributed by atoms with E-state index >= 15 is 0 Å². The number of hydrogen-bond acceptors (Lipinski definition) is 0. The molecule has 0 bridgehead atoms. The SMILES string of the molecule is C#CC(I)[N+](CCCC)(CCCC)Cc1c(C)cccc1C. The Morgan fingerprint density at radius 1 is 1.09 bits per heavy atom. The van der Waals surface area contributed by atoms with Gasteiger partial charge in [-0.3, -0.25) is 4.48 Å². The lowest BCUT2D eigenvalue weighted by Gasteiger charge is -2.41. The van der Waals surface area contributed by atoms with E-state index in [1.807, 2.05) is 0 Å². The highest BCUT2D eigenvalue weighted by Gasteiger charge is 2.34. The zero-order valence-corrected chi connectivity index (χ0v) is 16.8. The van der Waals surface area contributed by atoms with Gasteiger partial charge in [-0.25, -0.2) is 0 Å². The van der Waals surface area contributed by atoms with E-state index in [2.05, 4.69) is 74.4 Å². The molecule has 2 heteroatoms. The molecule has 1 aromatic rings. The fraction of sp³-hybridized carbons (Fsp3) is 0.600. The summed E-state index contributed by atoms with van der Waals surface area (Å²) in [6.07, 6.45) is 10.8. The monoisotopic (exact) mass is 412 g/mol.